The summed E-state index contributed by atoms with van der Waals surface area (Å²) in [6.45, 7) is 0.466. The molecule has 0 aliphatic rings. The first kappa shape index (κ1) is 14.3. The zero-order valence-electron chi connectivity index (χ0n) is 11.3. The Kier molecular flexibility index (Phi) is 4.58. The van der Waals surface area contributed by atoms with E-state index in [-0.39, 0.29) is 5.75 Å². The molecule has 2 aromatic rings. The lowest BCUT2D eigenvalue weighted by molar-refractivity contribution is 0.371. The molecule has 0 aliphatic heterocycles. The molecule has 0 amide bonds. The van der Waals surface area contributed by atoms with Gasteiger partial charge >= 0.3 is 0 Å². The molecule has 0 aromatic heterocycles. The van der Waals surface area contributed by atoms with Gasteiger partial charge < -0.3 is 19.9 Å². The predicted octanol–water partition coefficient (Wildman–Crippen LogP) is 3.67. The number of rotatable bonds is 5. The third-order valence-corrected chi connectivity index (χ3v) is 3.25. The standard InChI is InChI=1S/C15H16ClNO3/c1-19-13-5-3-4-10(15(13)18)9-17-11-6-7-12(16)14(8-11)20-2/h3-8,17-18H,9H2,1-2H3. The number of nitrogens with one attached hydrogen (secondary N) is 1. The summed E-state index contributed by atoms with van der Waals surface area (Å²) in [5.41, 5.74) is 1.60. The fourth-order valence-electron chi connectivity index (χ4n) is 1.84. The first-order chi connectivity index (χ1) is 9.65. The summed E-state index contributed by atoms with van der Waals surface area (Å²) in [4.78, 5) is 0. The molecular weight excluding hydrogens is 278 g/mol. The van der Waals surface area contributed by atoms with Crippen molar-refractivity contribution in [3.05, 3.63) is 47.0 Å². The molecule has 0 aliphatic carbocycles. The third-order valence-electron chi connectivity index (χ3n) is 2.94. The minimum Gasteiger partial charge on any atom is -0.504 e. The van der Waals surface area contributed by atoms with Gasteiger partial charge in [0.2, 0.25) is 0 Å². The molecule has 20 heavy (non-hydrogen) atoms. The maximum Gasteiger partial charge on any atom is 0.162 e. The molecule has 0 bridgehead atoms. The molecule has 0 saturated carbocycles. The number of ether oxygens (including phenoxy) is 2. The van der Waals surface area contributed by atoms with Gasteiger partial charge in [-0.3, -0.25) is 0 Å². The van der Waals surface area contributed by atoms with Gasteiger partial charge in [0.05, 0.1) is 19.2 Å². The predicted molar refractivity (Wildman–Crippen MR) is 80.0 cm³/mol. The highest BCUT2D eigenvalue weighted by Gasteiger charge is 2.07. The maximum absolute atomic E-state index is 10.0. The van der Waals surface area contributed by atoms with Crippen LogP contribution in [0.3, 0.4) is 0 Å². The van der Waals surface area contributed by atoms with Crippen molar-refractivity contribution < 1.29 is 14.6 Å². The van der Waals surface area contributed by atoms with Crippen molar-refractivity contribution in [1.82, 2.24) is 0 Å². The van der Waals surface area contributed by atoms with Gasteiger partial charge in [-0.2, -0.15) is 0 Å². The van der Waals surface area contributed by atoms with E-state index in [0.29, 0.717) is 23.1 Å². The molecule has 0 fully saturated rings. The Morgan fingerprint density at radius 3 is 2.55 bits per heavy atom. The van der Waals surface area contributed by atoms with Gasteiger partial charge in [-0.15, -0.1) is 0 Å². The largest absolute Gasteiger partial charge is 0.504 e. The molecular formula is C15H16ClNO3. The van der Waals surface area contributed by atoms with Crippen molar-refractivity contribution >= 4 is 17.3 Å². The summed E-state index contributed by atoms with van der Waals surface area (Å²) in [6, 6.07) is 10.8. The average molecular weight is 294 g/mol. The molecule has 0 saturated heterocycles. The zero-order chi connectivity index (χ0) is 14.5. The molecule has 0 unspecified atom stereocenters. The number of hydrogen-bond donors (Lipinski definition) is 2. The van der Waals surface area contributed by atoms with E-state index in [1.54, 1.807) is 25.3 Å². The fourth-order valence-corrected chi connectivity index (χ4v) is 2.04. The van der Waals surface area contributed by atoms with E-state index in [2.05, 4.69) is 5.32 Å². The number of halogens is 1. The number of methoxy groups -OCH3 is 2. The third kappa shape index (κ3) is 3.08. The van der Waals surface area contributed by atoms with Crippen LogP contribution in [0.15, 0.2) is 36.4 Å². The molecule has 2 rings (SSSR count). The molecule has 0 heterocycles. The molecule has 2 aromatic carbocycles. The van der Waals surface area contributed by atoms with E-state index in [1.165, 1.54) is 7.11 Å². The number of anilines is 1. The molecule has 106 valence electrons. The lowest BCUT2D eigenvalue weighted by Gasteiger charge is -2.12. The van der Waals surface area contributed by atoms with Crippen LogP contribution in [-0.4, -0.2) is 19.3 Å². The zero-order valence-corrected chi connectivity index (χ0v) is 12.1. The second kappa shape index (κ2) is 6.39. The fraction of sp³-hybridized carbons (Fsp3) is 0.200. The topological polar surface area (TPSA) is 50.7 Å². The van der Waals surface area contributed by atoms with Crippen LogP contribution in [0.2, 0.25) is 5.02 Å². The van der Waals surface area contributed by atoms with Crippen LogP contribution >= 0.6 is 11.6 Å². The normalized spacial score (nSPS) is 10.2. The maximum atomic E-state index is 10.0. The van der Waals surface area contributed by atoms with Gasteiger partial charge in [-0.05, 0) is 18.2 Å². The van der Waals surface area contributed by atoms with Crippen molar-refractivity contribution in [1.29, 1.82) is 0 Å². The monoisotopic (exact) mass is 293 g/mol. The summed E-state index contributed by atoms with van der Waals surface area (Å²) in [7, 11) is 3.09. The Bertz CT molecular complexity index is 602. The molecule has 0 radical (unpaired) electrons. The van der Waals surface area contributed by atoms with E-state index < -0.39 is 0 Å². The highest BCUT2D eigenvalue weighted by Crippen LogP contribution is 2.31. The van der Waals surface area contributed by atoms with Crippen molar-refractivity contribution in [3.8, 4) is 17.2 Å². The minimum absolute atomic E-state index is 0.142. The second-order valence-corrected chi connectivity index (χ2v) is 4.58. The highest BCUT2D eigenvalue weighted by molar-refractivity contribution is 6.32. The molecule has 4 nitrogen and oxygen atoms in total. The first-order valence-corrected chi connectivity index (χ1v) is 6.45. The summed E-state index contributed by atoms with van der Waals surface area (Å²) < 4.78 is 10.2. The summed E-state index contributed by atoms with van der Waals surface area (Å²) in [5.74, 6) is 1.20. The van der Waals surface area contributed by atoms with Crippen LogP contribution in [0.1, 0.15) is 5.56 Å². The number of phenols is 1. The van der Waals surface area contributed by atoms with Gasteiger partial charge in [-0.1, -0.05) is 23.7 Å². The van der Waals surface area contributed by atoms with E-state index in [0.717, 1.165) is 11.3 Å². The summed E-state index contributed by atoms with van der Waals surface area (Å²) in [6.07, 6.45) is 0. The smallest absolute Gasteiger partial charge is 0.162 e. The highest BCUT2D eigenvalue weighted by atomic mass is 35.5. The minimum atomic E-state index is 0.142. The quantitative estimate of drug-likeness (QED) is 0.883. The van der Waals surface area contributed by atoms with Crippen LogP contribution in [0.25, 0.3) is 0 Å². The van der Waals surface area contributed by atoms with Crippen LogP contribution in [0.4, 0.5) is 5.69 Å². The lowest BCUT2D eigenvalue weighted by Crippen LogP contribution is -2.00. The van der Waals surface area contributed by atoms with Crippen LogP contribution in [0.5, 0.6) is 17.2 Å². The Morgan fingerprint density at radius 1 is 1.10 bits per heavy atom. The second-order valence-electron chi connectivity index (χ2n) is 4.17. The number of aromatic hydroxyl groups is 1. The average Bonchev–Trinajstić information content (AvgIpc) is 2.47. The van der Waals surface area contributed by atoms with Crippen molar-refractivity contribution in [3.63, 3.8) is 0 Å². The number of hydrogen-bond acceptors (Lipinski definition) is 4. The van der Waals surface area contributed by atoms with Crippen LogP contribution in [0, 0.1) is 0 Å². The Labute approximate surface area is 122 Å². The molecule has 0 atom stereocenters. The number of phenolic OH excluding ortho intramolecular Hbond substituents is 1. The summed E-state index contributed by atoms with van der Waals surface area (Å²) in [5, 5.41) is 13.8. The molecule has 0 spiro atoms. The van der Waals surface area contributed by atoms with Gasteiger partial charge in [0.1, 0.15) is 5.75 Å². The van der Waals surface area contributed by atoms with Gasteiger partial charge in [-0.25, -0.2) is 0 Å². The van der Waals surface area contributed by atoms with Gasteiger partial charge in [0.25, 0.3) is 0 Å². The number of benzene rings is 2. The Balaban J connectivity index is 2.13. The van der Waals surface area contributed by atoms with Crippen molar-refractivity contribution in [2.45, 2.75) is 6.54 Å². The van der Waals surface area contributed by atoms with Gasteiger partial charge in [0.15, 0.2) is 11.5 Å². The SMILES string of the molecule is COc1cc(NCc2cccc(OC)c2O)ccc1Cl. The lowest BCUT2D eigenvalue weighted by atomic mass is 10.2. The molecule has 5 heteroatoms. The summed E-state index contributed by atoms with van der Waals surface area (Å²) >= 11 is 5.97. The Hall–Kier alpha value is -2.07. The Morgan fingerprint density at radius 2 is 1.85 bits per heavy atom. The van der Waals surface area contributed by atoms with Crippen molar-refractivity contribution in [2.24, 2.45) is 0 Å². The van der Waals surface area contributed by atoms with Crippen molar-refractivity contribution in [2.75, 3.05) is 19.5 Å². The first-order valence-electron chi connectivity index (χ1n) is 6.08. The van der Waals surface area contributed by atoms with E-state index >= 15 is 0 Å². The molecule has 2 N–H and O–H groups in total. The van der Waals surface area contributed by atoms with E-state index in [1.807, 2.05) is 18.2 Å². The van der Waals surface area contributed by atoms with Crippen LogP contribution < -0.4 is 14.8 Å². The van der Waals surface area contributed by atoms with E-state index in [4.69, 9.17) is 21.1 Å². The van der Waals surface area contributed by atoms with E-state index in [9.17, 15) is 5.11 Å². The van der Waals surface area contributed by atoms with Gasteiger partial charge in [0, 0.05) is 23.9 Å². The van der Waals surface area contributed by atoms with Crippen LogP contribution in [-0.2, 0) is 6.54 Å². The number of para-hydroxylation sites is 1.